The maximum atomic E-state index is 11.0. The smallest absolute Gasteiger partial charge is 0.136 e. The normalized spacial score (nSPS) is 22.2. The summed E-state index contributed by atoms with van der Waals surface area (Å²) in [4.78, 5) is 11.0. The van der Waals surface area contributed by atoms with E-state index < -0.39 is 0 Å². The molecule has 0 aromatic rings. The molecule has 1 atom stereocenters. The molecule has 0 aromatic carbocycles. The fraction of sp³-hybridized carbons (Fsp3) is 0.500. The maximum Gasteiger partial charge on any atom is 0.136 e. The number of carbonyl (C=O) groups excluding carboxylic acids is 1. The van der Waals surface area contributed by atoms with E-state index in [0.29, 0.717) is 5.88 Å². The van der Waals surface area contributed by atoms with Crippen LogP contribution >= 0.6 is 11.6 Å². The minimum absolute atomic E-state index is 0.101. The molecule has 1 unspecified atom stereocenters. The van der Waals surface area contributed by atoms with Crippen LogP contribution in [-0.2, 0) is 4.79 Å². The summed E-state index contributed by atoms with van der Waals surface area (Å²) in [6, 6.07) is 0. The van der Waals surface area contributed by atoms with Crippen LogP contribution < -0.4 is 0 Å². The van der Waals surface area contributed by atoms with Crippen molar-refractivity contribution in [2.45, 2.75) is 19.8 Å². The Labute approximate surface area is 78.1 Å². The highest BCUT2D eigenvalue weighted by atomic mass is 35.5. The Balaban J connectivity index is 2.49. The Morgan fingerprint density at radius 2 is 2.50 bits per heavy atom. The van der Waals surface area contributed by atoms with Crippen LogP contribution in [0.15, 0.2) is 23.8 Å². The molecule has 2 heteroatoms. The van der Waals surface area contributed by atoms with Gasteiger partial charge in [-0.3, -0.25) is 4.79 Å². The molecule has 1 aliphatic carbocycles. The Bertz CT molecular complexity index is 228. The van der Waals surface area contributed by atoms with E-state index in [2.05, 4.69) is 6.08 Å². The number of rotatable bonds is 3. The molecule has 0 amide bonds. The highest BCUT2D eigenvalue weighted by molar-refractivity contribution is 6.18. The Hall–Kier alpha value is -0.560. The van der Waals surface area contributed by atoms with Crippen molar-refractivity contribution in [2.24, 2.45) is 5.92 Å². The topological polar surface area (TPSA) is 17.1 Å². The summed E-state index contributed by atoms with van der Waals surface area (Å²) >= 11 is 5.59. The summed E-state index contributed by atoms with van der Waals surface area (Å²) in [5.41, 5.74) is 1.25. The monoisotopic (exact) mass is 184 g/mol. The molecular weight excluding hydrogens is 172 g/mol. The van der Waals surface area contributed by atoms with Gasteiger partial charge in [0.25, 0.3) is 0 Å². The van der Waals surface area contributed by atoms with Gasteiger partial charge in [-0.2, -0.15) is 0 Å². The first-order valence-corrected chi connectivity index (χ1v) is 4.71. The predicted molar refractivity (Wildman–Crippen MR) is 51.3 cm³/mol. The van der Waals surface area contributed by atoms with Crippen LogP contribution in [0.2, 0.25) is 0 Å². The van der Waals surface area contributed by atoms with Gasteiger partial charge in [0.2, 0.25) is 0 Å². The van der Waals surface area contributed by atoms with Crippen LogP contribution in [0.3, 0.4) is 0 Å². The molecular formula is C10H13ClO. The molecule has 0 N–H and O–H groups in total. The van der Waals surface area contributed by atoms with Gasteiger partial charge in [0.1, 0.15) is 5.78 Å². The Morgan fingerprint density at radius 1 is 1.75 bits per heavy atom. The van der Waals surface area contributed by atoms with E-state index in [9.17, 15) is 4.79 Å². The lowest BCUT2D eigenvalue weighted by atomic mass is 9.93. The van der Waals surface area contributed by atoms with E-state index in [1.54, 1.807) is 6.92 Å². The minimum Gasteiger partial charge on any atom is -0.299 e. The second-order valence-electron chi connectivity index (χ2n) is 3.03. The SMILES string of the molecule is CC(=O)C1C=CC(CCCl)=CC1. The molecule has 0 aliphatic heterocycles. The number of allylic oxidation sites excluding steroid dienone is 4. The zero-order valence-electron chi connectivity index (χ0n) is 7.22. The summed E-state index contributed by atoms with van der Waals surface area (Å²) in [5, 5.41) is 0. The zero-order valence-corrected chi connectivity index (χ0v) is 7.97. The van der Waals surface area contributed by atoms with Gasteiger partial charge < -0.3 is 0 Å². The quantitative estimate of drug-likeness (QED) is 0.617. The summed E-state index contributed by atoms with van der Waals surface area (Å²) in [6.07, 6.45) is 7.84. The molecule has 0 radical (unpaired) electrons. The van der Waals surface area contributed by atoms with Crippen LogP contribution in [0.25, 0.3) is 0 Å². The first-order valence-electron chi connectivity index (χ1n) is 4.17. The minimum atomic E-state index is 0.101. The molecule has 66 valence electrons. The first-order chi connectivity index (χ1) is 5.74. The van der Waals surface area contributed by atoms with Crippen molar-refractivity contribution < 1.29 is 4.79 Å². The highest BCUT2D eigenvalue weighted by Gasteiger charge is 2.12. The third-order valence-corrected chi connectivity index (χ3v) is 2.27. The van der Waals surface area contributed by atoms with Gasteiger partial charge >= 0.3 is 0 Å². The number of halogens is 1. The predicted octanol–water partition coefficient (Wildman–Crippen LogP) is 2.71. The van der Waals surface area contributed by atoms with Crippen LogP contribution in [0.4, 0.5) is 0 Å². The maximum absolute atomic E-state index is 11.0. The average Bonchev–Trinajstić information content (AvgIpc) is 2.06. The molecule has 0 heterocycles. The number of carbonyl (C=O) groups is 1. The van der Waals surface area contributed by atoms with Gasteiger partial charge in [0.05, 0.1) is 0 Å². The van der Waals surface area contributed by atoms with E-state index in [1.165, 1.54) is 5.57 Å². The Kier molecular flexibility index (Phi) is 3.54. The number of hydrogen-bond donors (Lipinski definition) is 0. The van der Waals surface area contributed by atoms with Crippen molar-refractivity contribution in [3.8, 4) is 0 Å². The second kappa shape index (κ2) is 4.46. The van der Waals surface area contributed by atoms with Gasteiger partial charge in [-0.25, -0.2) is 0 Å². The summed E-state index contributed by atoms with van der Waals surface area (Å²) < 4.78 is 0. The molecule has 0 aromatic heterocycles. The van der Waals surface area contributed by atoms with Gasteiger partial charge in [-0.05, 0) is 19.8 Å². The van der Waals surface area contributed by atoms with E-state index in [-0.39, 0.29) is 11.7 Å². The fourth-order valence-corrected chi connectivity index (χ4v) is 1.48. The molecule has 12 heavy (non-hydrogen) atoms. The first kappa shape index (κ1) is 9.53. The standard InChI is InChI=1S/C10H13ClO/c1-8(12)10-4-2-9(3-5-10)6-7-11/h2-4,10H,5-7H2,1H3. The summed E-state index contributed by atoms with van der Waals surface area (Å²) in [6.45, 7) is 1.63. The van der Waals surface area contributed by atoms with Crippen molar-refractivity contribution in [1.82, 2.24) is 0 Å². The van der Waals surface area contributed by atoms with Gasteiger partial charge in [-0.15, -0.1) is 11.6 Å². The summed E-state index contributed by atoms with van der Waals surface area (Å²) in [7, 11) is 0. The van der Waals surface area contributed by atoms with Crippen molar-refractivity contribution in [2.75, 3.05) is 5.88 Å². The van der Waals surface area contributed by atoms with Crippen molar-refractivity contribution in [3.63, 3.8) is 0 Å². The number of hydrogen-bond acceptors (Lipinski definition) is 1. The summed E-state index contributed by atoms with van der Waals surface area (Å²) in [5.74, 6) is 0.998. The van der Waals surface area contributed by atoms with E-state index in [1.807, 2.05) is 12.2 Å². The van der Waals surface area contributed by atoms with Crippen LogP contribution in [0.1, 0.15) is 19.8 Å². The van der Waals surface area contributed by atoms with Crippen molar-refractivity contribution in [1.29, 1.82) is 0 Å². The van der Waals surface area contributed by atoms with Crippen LogP contribution in [0, 0.1) is 5.92 Å². The Morgan fingerprint density at radius 3 is 2.92 bits per heavy atom. The fourth-order valence-electron chi connectivity index (χ4n) is 1.26. The van der Waals surface area contributed by atoms with Gasteiger partial charge in [0, 0.05) is 11.8 Å². The van der Waals surface area contributed by atoms with Crippen LogP contribution in [-0.4, -0.2) is 11.7 Å². The molecule has 0 bridgehead atoms. The molecule has 0 spiro atoms. The highest BCUT2D eigenvalue weighted by Crippen LogP contribution is 2.19. The zero-order chi connectivity index (χ0) is 8.97. The lowest BCUT2D eigenvalue weighted by Gasteiger charge is -2.12. The second-order valence-corrected chi connectivity index (χ2v) is 3.41. The van der Waals surface area contributed by atoms with Gasteiger partial charge in [0.15, 0.2) is 0 Å². The third kappa shape index (κ3) is 2.49. The van der Waals surface area contributed by atoms with Gasteiger partial charge in [-0.1, -0.05) is 23.8 Å². The van der Waals surface area contributed by atoms with Crippen molar-refractivity contribution >= 4 is 17.4 Å². The number of ketones is 1. The lowest BCUT2D eigenvalue weighted by Crippen LogP contribution is -2.09. The van der Waals surface area contributed by atoms with E-state index in [4.69, 9.17) is 11.6 Å². The third-order valence-electron chi connectivity index (χ3n) is 2.08. The number of alkyl halides is 1. The molecule has 1 rings (SSSR count). The van der Waals surface area contributed by atoms with Crippen LogP contribution in [0.5, 0.6) is 0 Å². The molecule has 1 nitrogen and oxygen atoms in total. The molecule has 0 fully saturated rings. The van der Waals surface area contributed by atoms with E-state index in [0.717, 1.165) is 12.8 Å². The largest absolute Gasteiger partial charge is 0.299 e. The molecule has 1 aliphatic rings. The van der Waals surface area contributed by atoms with E-state index >= 15 is 0 Å². The number of Topliss-reactive ketones (excluding diaryl/α,β-unsaturated/α-hetero) is 1. The molecule has 0 saturated heterocycles. The van der Waals surface area contributed by atoms with Crippen molar-refractivity contribution in [3.05, 3.63) is 23.8 Å². The lowest BCUT2D eigenvalue weighted by molar-refractivity contribution is -0.119. The molecule has 0 saturated carbocycles. The average molecular weight is 185 g/mol.